The molecule has 1 aliphatic carbocycles. The van der Waals surface area contributed by atoms with E-state index in [1.54, 1.807) is 12.5 Å². The molecule has 0 unspecified atom stereocenters. The Morgan fingerprint density at radius 3 is 2.62 bits per heavy atom. The van der Waals surface area contributed by atoms with Gasteiger partial charge in [-0.15, -0.1) is 11.3 Å². The predicted octanol–water partition coefficient (Wildman–Crippen LogP) is 6.73. The molecule has 0 atom stereocenters. The van der Waals surface area contributed by atoms with Crippen molar-refractivity contribution >= 4 is 38.9 Å². The van der Waals surface area contributed by atoms with Crippen molar-refractivity contribution in [2.24, 2.45) is 5.73 Å². The third-order valence-electron chi connectivity index (χ3n) is 6.31. The Morgan fingerprint density at radius 1 is 1.06 bits per heavy atom. The lowest BCUT2D eigenvalue weighted by Crippen LogP contribution is -2.43. The van der Waals surface area contributed by atoms with Crippen LogP contribution >= 0.6 is 22.9 Å². The third kappa shape index (κ3) is 4.20. The molecule has 2 aromatic carbocycles. The van der Waals surface area contributed by atoms with Gasteiger partial charge in [0.2, 0.25) is 0 Å². The number of hydrogen-bond acceptors (Lipinski definition) is 4. The van der Waals surface area contributed by atoms with Gasteiger partial charge in [-0.25, -0.2) is 0 Å². The van der Waals surface area contributed by atoms with Crippen LogP contribution in [0.25, 0.3) is 21.2 Å². The van der Waals surface area contributed by atoms with Crippen molar-refractivity contribution in [2.75, 3.05) is 0 Å². The maximum atomic E-state index is 13.8. The van der Waals surface area contributed by atoms with Crippen LogP contribution in [0.2, 0.25) is 5.02 Å². The van der Waals surface area contributed by atoms with Gasteiger partial charge in [0.25, 0.3) is 5.91 Å². The zero-order valence-corrected chi connectivity index (χ0v) is 19.2. The number of thiophene rings is 1. The van der Waals surface area contributed by atoms with E-state index in [0.29, 0.717) is 16.4 Å². The minimum Gasteiger partial charge on any atom is -0.472 e. The van der Waals surface area contributed by atoms with Gasteiger partial charge in [0.1, 0.15) is 4.88 Å². The van der Waals surface area contributed by atoms with E-state index < -0.39 is 0 Å². The van der Waals surface area contributed by atoms with E-state index in [1.165, 1.54) is 11.3 Å². The third-order valence-corrected chi connectivity index (χ3v) is 7.97. The van der Waals surface area contributed by atoms with Crippen LogP contribution in [-0.2, 0) is 6.54 Å². The fraction of sp³-hybridized carbons (Fsp3) is 0.269. The first-order chi connectivity index (χ1) is 15.6. The van der Waals surface area contributed by atoms with E-state index in [4.69, 9.17) is 21.8 Å². The molecule has 0 aliphatic heterocycles. The Kier molecular flexibility index (Phi) is 6.05. The summed E-state index contributed by atoms with van der Waals surface area (Å²) >= 11 is 8.16. The lowest BCUT2D eigenvalue weighted by Gasteiger charge is -2.36. The van der Waals surface area contributed by atoms with Crippen molar-refractivity contribution in [1.29, 1.82) is 0 Å². The molecule has 2 aromatic heterocycles. The largest absolute Gasteiger partial charge is 0.472 e. The number of fused-ring (bicyclic) bond motifs is 1. The van der Waals surface area contributed by atoms with Crippen molar-refractivity contribution in [3.05, 3.63) is 82.6 Å². The molecule has 6 heteroatoms. The van der Waals surface area contributed by atoms with Gasteiger partial charge in [-0.2, -0.15) is 0 Å². The number of hydrogen-bond donors (Lipinski definition) is 1. The Morgan fingerprint density at radius 2 is 1.88 bits per heavy atom. The van der Waals surface area contributed by atoms with E-state index in [1.807, 2.05) is 41.3 Å². The van der Waals surface area contributed by atoms with E-state index in [-0.39, 0.29) is 18.0 Å². The second kappa shape index (κ2) is 9.10. The number of furan rings is 1. The number of benzene rings is 2. The number of rotatable bonds is 5. The second-order valence-electron chi connectivity index (χ2n) is 8.46. The first-order valence-electron chi connectivity index (χ1n) is 11.0. The molecule has 32 heavy (non-hydrogen) atoms. The number of halogens is 1. The fourth-order valence-corrected chi connectivity index (χ4v) is 6.00. The molecular weight excluding hydrogens is 440 g/mol. The van der Waals surface area contributed by atoms with Crippen LogP contribution < -0.4 is 5.73 Å². The van der Waals surface area contributed by atoms with Gasteiger partial charge in [-0.1, -0.05) is 48.0 Å². The van der Waals surface area contributed by atoms with Crippen LogP contribution in [0.4, 0.5) is 0 Å². The molecule has 4 nitrogen and oxygen atoms in total. The van der Waals surface area contributed by atoms with Crippen LogP contribution in [-0.4, -0.2) is 22.9 Å². The minimum absolute atomic E-state index is 0.00499. The summed E-state index contributed by atoms with van der Waals surface area (Å²) in [5.74, 6) is 0.00499. The van der Waals surface area contributed by atoms with Crippen molar-refractivity contribution < 1.29 is 9.21 Å². The summed E-state index contributed by atoms with van der Waals surface area (Å²) < 4.78 is 6.28. The number of nitrogens with zero attached hydrogens (tertiary/aromatic N) is 1. The summed E-state index contributed by atoms with van der Waals surface area (Å²) in [4.78, 5) is 16.5. The minimum atomic E-state index is 0.00499. The fourth-order valence-electron chi connectivity index (χ4n) is 4.54. The van der Waals surface area contributed by atoms with Crippen LogP contribution in [0, 0.1) is 0 Å². The molecular formula is C26H25ClN2O2S. The van der Waals surface area contributed by atoms with Gasteiger partial charge < -0.3 is 15.1 Å². The van der Waals surface area contributed by atoms with Gasteiger partial charge in [-0.3, -0.25) is 4.79 Å². The molecule has 4 aromatic rings. The number of carbonyl (C=O) groups is 1. The van der Waals surface area contributed by atoms with Crippen LogP contribution in [0.3, 0.4) is 0 Å². The summed E-state index contributed by atoms with van der Waals surface area (Å²) in [5.41, 5.74) is 9.35. The molecule has 5 rings (SSSR count). The van der Waals surface area contributed by atoms with Crippen molar-refractivity contribution in [3.8, 4) is 11.1 Å². The van der Waals surface area contributed by atoms with Crippen LogP contribution in [0.5, 0.6) is 0 Å². The average molecular weight is 465 g/mol. The highest BCUT2D eigenvalue weighted by Crippen LogP contribution is 2.37. The maximum absolute atomic E-state index is 13.8. The Bertz CT molecular complexity index is 1230. The van der Waals surface area contributed by atoms with Crippen LogP contribution in [0.15, 0.2) is 71.5 Å². The number of amides is 1. The highest BCUT2D eigenvalue weighted by atomic mass is 35.5. The molecule has 1 fully saturated rings. The molecule has 0 spiro atoms. The standard InChI is InChI=1S/C26H25ClN2O2S/c27-24-22-6-1-2-7-23(22)32-25(24)26(30)29(21-10-8-20(28)9-11-21)15-17-4-3-5-18(14-17)19-12-13-31-16-19/h1-7,12-14,16,20-21H,8-11,15,28H2. The van der Waals surface area contributed by atoms with Gasteiger partial charge in [0.15, 0.2) is 0 Å². The first-order valence-corrected chi connectivity index (χ1v) is 12.1. The lowest BCUT2D eigenvalue weighted by atomic mass is 9.90. The predicted molar refractivity (Wildman–Crippen MR) is 131 cm³/mol. The molecule has 1 aliphatic rings. The lowest BCUT2D eigenvalue weighted by molar-refractivity contribution is 0.0611. The SMILES string of the molecule is NC1CCC(N(Cc2cccc(-c3ccoc3)c2)C(=O)c2sc3ccccc3c2Cl)CC1. The van der Waals surface area contributed by atoms with E-state index in [0.717, 1.165) is 52.5 Å². The summed E-state index contributed by atoms with van der Waals surface area (Å²) in [6, 6.07) is 18.5. The monoisotopic (exact) mass is 464 g/mol. The van der Waals surface area contributed by atoms with Gasteiger partial charge in [0.05, 0.1) is 17.5 Å². The molecule has 1 saturated carbocycles. The second-order valence-corrected chi connectivity index (χ2v) is 9.89. The van der Waals surface area contributed by atoms with Gasteiger partial charge in [-0.05, 0) is 55.0 Å². The summed E-state index contributed by atoms with van der Waals surface area (Å²) in [6.07, 6.45) is 7.11. The zero-order chi connectivity index (χ0) is 22.1. The van der Waals surface area contributed by atoms with Crippen molar-refractivity contribution in [2.45, 2.75) is 44.3 Å². The van der Waals surface area contributed by atoms with E-state index in [2.05, 4.69) is 18.2 Å². The zero-order valence-electron chi connectivity index (χ0n) is 17.7. The normalized spacial score (nSPS) is 18.7. The van der Waals surface area contributed by atoms with Gasteiger partial charge in [0, 0.05) is 34.3 Å². The molecule has 164 valence electrons. The topological polar surface area (TPSA) is 59.5 Å². The molecule has 2 heterocycles. The van der Waals surface area contributed by atoms with Crippen molar-refractivity contribution in [1.82, 2.24) is 4.90 Å². The average Bonchev–Trinajstić information content (AvgIpc) is 3.47. The quantitative estimate of drug-likeness (QED) is 0.356. The Balaban J connectivity index is 1.49. The molecule has 0 bridgehead atoms. The Hall–Kier alpha value is -2.60. The molecule has 0 radical (unpaired) electrons. The Labute approximate surface area is 196 Å². The smallest absolute Gasteiger partial charge is 0.266 e. The maximum Gasteiger partial charge on any atom is 0.266 e. The molecule has 0 saturated heterocycles. The summed E-state index contributed by atoms with van der Waals surface area (Å²) in [5, 5.41) is 1.50. The highest BCUT2D eigenvalue weighted by molar-refractivity contribution is 7.21. The van der Waals surface area contributed by atoms with Crippen molar-refractivity contribution in [3.63, 3.8) is 0 Å². The molecule has 1 amide bonds. The first kappa shape index (κ1) is 21.3. The highest BCUT2D eigenvalue weighted by Gasteiger charge is 2.31. The van der Waals surface area contributed by atoms with E-state index in [9.17, 15) is 4.79 Å². The van der Waals surface area contributed by atoms with Gasteiger partial charge >= 0.3 is 0 Å². The van der Waals surface area contributed by atoms with E-state index >= 15 is 0 Å². The summed E-state index contributed by atoms with van der Waals surface area (Å²) in [6.45, 7) is 0.537. The molecule has 2 N–H and O–H groups in total. The summed E-state index contributed by atoms with van der Waals surface area (Å²) in [7, 11) is 0. The number of nitrogens with two attached hydrogens (primary N) is 1. The van der Waals surface area contributed by atoms with Crippen LogP contribution in [0.1, 0.15) is 40.9 Å². The number of carbonyl (C=O) groups excluding carboxylic acids is 1.